The molecule has 0 unspecified atom stereocenters. The molecule has 4 N–H and O–H groups in total. The quantitative estimate of drug-likeness (QED) is 0.328. The molecule has 140 valence electrons. The molecule has 0 aromatic heterocycles. The number of hydrogen-bond acceptors (Lipinski definition) is 2. The van der Waals surface area contributed by atoms with E-state index < -0.39 is 20.6 Å². The highest BCUT2D eigenvalue weighted by atomic mass is 31.2. The topological polar surface area (TPSA) is 115 Å². The maximum Gasteiger partial charge on any atom is 0.341 e. The summed E-state index contributed by atoms with van der Waals surface area (Å²) in [4.78, 5) is 36.3. The van der Waals surface area contributed by atoms with Crippen LogP contribution >= 0.6 is 15.2 Å². The molecule has 0 aliphatic heterocycles. The van der Waals surface area contributed by atoms with Gasteiger partial charge in [0.1, 0.15) is 0 Å². The van der Waals surface area contributed by atoms with Gasteiger partial charge in [0.05, 0.1) is 0 Å². The summed E-state index contributed by atoms with van der Waals surface area (Å²) in [5, 5.41) is -1.96. The van der Waals surface area contributed by atoms with E-state index in [4.69, 9.17) is 19.6 Å². The van der Waals surface area contributed by atoms with Gasteiger partial charge in [0.25, 0.3) is 0 Å². The van der Waals surface area contributed by atoms with Crippen molar-refractivity contribution in [2.75, 3.05) is 0 Å². The van der Waals surface area contributed by atoms with Gasteiger partial charge < -0.3 is 19.6 Å². The number of hydrogen-bond donors (Lipinski definition) is 4. The van der Waals surface area contributed by atoms with Gasteiger partial charge in [-0.1, -0.05) is 34.9 Å². The molecule has 0 radical (unpaired) electrons. The molecule has 0 aromatic carbocycles. The molecule has 0 fully saturated rings. The van der Waals surface area contributed by atoms with Crippen LogP contribution in [-0.2, 0) is 9.13 Å². The molecule has 0 saturated heterocycles. The average molecular weight is 380 g/mol. The summed E-state index contributed by atoms with van der Waals surface area (Å²) < 4.78 is 22.4. The maximum atomic E-state index is 11.2. The molecule has 0 aliphatic carbocycles. The SMILES string of the molecule is CC(C)=CCC/C(C)=C\CC/C(C)=C\CC(P(=O)(O)O)P(=O)(O)O. The third kappa shape index (κ3) is 11.1. The van der Waals surface area contributed by atoms with Crippen LogP contribution in [0.1, 0.15) is 59.8 Å². The fourth-order valence-corrected chi connectivity index (χ4v) is 4.44. The highest BCUT2D eigenvalue weighted by Crippen LogP contribution is 2.61. The van der Waals surface area contributed by atoms with E-state index in [2.05, 4.69) is 32.9 Å². The molecule has 0 amide bonds. The predicted molar refractivity (Wildman–Crippen MR) is 97.9 cm³/mol. The highest BCUT2D eigenvalue weighted by Gasteiger charge is 2.42. The monoisotopic (exact) mass is 380 g/mol. The van der Waals surface area contributed by atoms with Crippen LogP contribution in [0.25, 0.3) is 0 Å². The second-order valence-corrected chi connectivity index (χ2v) is 10.4. The Labute approximate surface area is 144 Å². The lowest BCUT2D eigenvalue weighted by Gasteiger charge is -2.18. The molecule has 0 atom stereocenters. The second kappa shape index (κ2) is 10.5. The van der Waals surface area contributed by atoms with E-state index in [1.807, 2.05) is 0 Å². The number of rotatable bonds is 10. The molecular weight excluding hydrogens is 350 g/mol. The van der Waals surface area contributed by atoms with Gasteiger partial charge in [-0.3, -0.25) is 9.13 Å². The van der Waals surface area contributed by atoms with Crippen LogP contribution in [0.15, 0.2) is 34.9 Å². The van der Waals surface area contributed by atoms with Crippen molar-refractivity contribution in [2.24, 2.45) is 0 Å². The normalized spacial score (nSPS) is 14.2. The Morgan fingerprint density at radius 1 is 0.792 bits per heavy atom. The summed E-state index contributed by atoms with van der Waals surface area (Å²) >= 11 is 0. The molecule has 24 heavy (non-hydrogen) atoms. The molecule has 0 heterocycles. The summed E-state index contributed by atoms with van der Waals surface area (Å²) in [5.41, 5.74) is 3.44. The van der Waals surface area contributed by atoms with Crippen LogP contribution < -0.4 is 0 Å². The van der Waals surface area contributed by atoms with E-state index in [0.717, 1.165) is 24.8 Å². The maximum absolute atomic E-state index is 11.2. The van der Waals surface area contributed by atoms with Gasteiger partial charge in [0.15, 0.2) is 5.40 Å². The number of allylic oxidation sites excluding steroid dienone is 6. The lowest BCUT2D eigenvalue weighted by Crippen LogP contribution is -2.08. The molecule has 0 aromatic rings. The molecule has 0 saturated carbocycles. The van der Waals surface area contributed by atoms with Gasteiger partial charge in [-0.2, -0.15) is 0 Å². The summed E-state index contributed by atoms with van der Waals surface area (Å²) in [6, 6.07) is 0. The lowest BCUT2D eigenvalue weighted by molar-refractivity contribution is 0.338. The van der Waals surface area contributed by atoms with Gasteiger partial charge in [-0.15, -0.1) is 0 Å². The van der Waals surface area contributed by atoms with Crippen LogP contribution in [0, 0.1) is 0 Å². The van der Waals surface area contributed by atoms with Gasteiger partial charge in [-0.25, -0.2) is 0 Å². The first kappa shape index (κ1) is 23.5. The lowest BCUT2D eigenvalue weighted by atomic mass is 10.1. The smallest absolute Gasteiger partial charge is 0.324 e. The summed E-state index contributed by atoms with van der Waals surface area (Å²) in [5.74, 6) is 0. The van der Waals surface area contributed by atoms with Crippen LogP contribution in [0.3, 0.4) is 0 Å². The van der Waals surface area contributed by atoms with Crippen LogP contribution in [0.4, 0.5) is 0 Å². The molecule has 0 rings (SSSR count). The van der Waals surface area contributed by atoms with Crippen molar-refractivity contribution < 1.29 is 28.7 Å². The van der Waals surface area contributed by atoms with Crippen LogP contribution in [0.2, 0.25) is 0 Å². The largest absolute Gasteiger partial charge is 0.341 e. The van der Waals surface area contributed by atoms with E-state index >= 15 is 0 Å². The fraction of sp³-hybridized carbons (Fsp3) is 0.625. The minimum absolute atomic E-state index is 0.330. The Bertz CT molecular complexity index is 553. The minimum atomic E-state index is -4.84. The summed E-state index contributed by atoms with van der Waals surface area (Å²) in [6.07, 6.45) is 8.97. The second-order valence-electron chi connectivity index (χ2n) is 6.35. The Morgan fingerprint density at radius 2 is 1.21 bits per heavy atom. The third-order valence-corrected chi connectivity index (χ3v) is 7.36. The first-order valence-corrected chi connectivity index (χ1v) is 11.3. The summed E-state index contributed by atoms with van der Waals surface area (Å²) in [7, 11) is -9.68. The van der Waals surface area contributed by atoms with Crippen molar-refractivity contribution in [2.45, 2.75) is 65.2 Å². The Kier molecular flexibility index (Phi) is 10.3. The van der Waals surface area contributed by atoms with Gasteiger partial charge in [0.2, 0.25) is 0 Å². The Morgan fingerprint density at radius 3 is 1.62 bits per heavy atom. The molecule has 0 spiro atoms. The van der Waals surface area contributed by atoms with Gasteiger partial charge >= 0.3 is 15.2 Å². The fourth-order valence-electron chi connectivity index (χ4n) is 2.12. The Hall–Kier alpha value is -0.480. The first-order chi connectivity index (χ1) is 10.8. The zero-order chi connectivity index (χ0) is 19.0. The van der Waals surface area contributed by atoms with E-state index in [1.54, 1.807) is 6.92 Å². The zero-order valence-electron chi connectivity index (χ0n) is 14.8. The van der Waals surface area contributed by atoms with Crippen molar-refractivity contribution >= 4 is 15.2 Å². The van der Waals surface area contributed by atoms with Crippen LogP contribution in [0.5, 0.6) is 0 Å². The first-order valence-electron chi connectivity index (χ1n) is 7.89. The van der Waals surface area contributed by atoms with Crippen molar-refractivity contribution in [1.82, 2.24) is 0 Å². The van der Waals surface area contributed by atoms with E-state index in [9.17, 15) is 9.13 Å². The standard InChI is InChI=1S/C16H30O6P2/c1-13(2)7-5-8-14(3)9-6-10-15(4)11-12-16(23(17,18)19)24(20,21)22/h7,9,11,16H,5-6,8,10,12H2,1-4H3,(H2,17,18,19)(H2,20,21,22)/b14-9-,15-11-. The van der Waals surface area contributed by atoms with Crippen molar-refractivity contribution in [1.29, 1.82) is 0 Å². The zero-order valence-corrected chi connectivity index (χ0v) is 16.6. The van der Waals surface area contributed by atoms with Crippen molar-refractivity contribution in [3.05, 3.63) is 34.9 Å². The summed E-state index contributed by atoms with van der Waals surface area (Å²) in [6.45, 7) is 7.99. The van der Waals surface area contributed by atoms with E-state index in [0.29, 0.717) is 6.42 Å². The minimum Gasteiger partial charge on any atom is -0.324 e. The van der Waals surface area contributed by atoms with Crippen molar-refractivity contribution in [3.63, 3.8) is 0 Å². The molecular formula is C16H30O6P2. The van der Waals surface area contributed by atoms with E-state index in [-0.39, 0.29) is 6.42 Å². The molecule has 0 aliphatic rings. The van der Waals surface area contributed by atoms with Crippen molar-refractivity contribution in [3.8, 4) is 0 Å². The molecule has 0 bridgehead atoms. The van der Waals surface area contributed by atoms with E-state index in [1.165, 1.54) is 17.2 Å². The van der Waals surface area contributed by atoms with Gasteiger partial charge in [-0.05, 0) is 59.8 Å². The van der Waals surface area contributed by atoms with Crippen LogP contribution in [-0.4, -0.2) is 25.0 Å². The third-order valence-electron chi connectivity index (χ3n) is 3.58. The Balaban J connectivity index is 4.53. The predicted octanol–water partition coefficient (Wildman–Crippen LogP) is 4.48. The van der Waals surface area contributed by atoms with Gasteiger partial charge in [0, 0.05) is 0 Å². The highest BCUT2D eigenvalue weighted by molar-refractivity contribution is 7.70. The average Bonchev–Trinajstić information content (AvgIpc) is 2.34. The molecule has 6 nitrogen and oxygen atoms in total. The molecule has 8 heteroatoms.